The van der Waals surface area contributed by atoms with Crippen molar-refractivity contribution in [3.63, 3.8) is 0 Å². The van der Waals surface area contributed by atoms with E-state index in [-0.39, 0.29) is 24.1 Å². The van der Waals surface area contributed by atoms with E-state index in [0.29, 0.717) is 25.1 Å². The van der Waals surface area contributed by atoms with Crippen LogP contribution in [-0.4, -0.2) is 30.5 Å². The van der Waals surface area contributed by atoms with Crippen molar-refractivity contribution in [1.82, 2.24) is 0 Å². The molecule has 0 unspecified atom stereocenters. The van der Waals surface area contributed by atoms with Crippen molar-refractivity contribution in [2.75, 3.05) is 18.0 Å². The number of carbonyl (C=O) groups is 2. The van der Waals surface area contributed by atoms with Gasteiger partial charge in [0.1, 0.15) is 12.4 Å². The molecule has 24 heavy (non-hydrogen) atoms. The average Bonchev–Trinajstić information content (AvgIpc) is 2.59. The monoisotopic (exact) mass is 326 g/mol. The zero-order chi connectivity index (χ0) is 16.7. The molecule has 124 valence electrons. The molecule has 0 atom stereocenters. The van der Waals surface area contributed by atoms with Crippen LogP contribution in [0.3, 0.4) is 0 Å². The maximum atomic E-state index is 14.0. The molecule has 0 aromatic heterocycles. The number of β-lactam (4-membered cyclic amide) rings is 1. The summed E-state index contributed by atoms with van der Waals surface area (Å²) in [5, 5.41) is 0. The minimum Gasteiger partial charge on any atom is -0.309 e. The Kier molecular flexibility index (Phi) is 3.79. The van der Waals surface area contributed by atoms with E-state index in [0.717, 1.165) is 48.1 Å². The SMILES string of the molecule is O=C1CN=C(Cc2ccc(F)c(N3CCC3=O)c2)C2=C1CCCC2. The van der Waals surface area contributed by atoms with Gasteiger partial charge in [-0.3, -0.25) is 14.6 Å². The topological polar surface area (TPSA) is 49.7 Å². The summed E-state index contributed by atoms with van der Waals surface area (Å²) in [6, 6.07) is 4.90. The van der Waals surface area contributed by atoms with Crippen LogP contribution in [0.1, 0.15) is 37.7 Å². The summed E-state index contributed by atoms with van der Waals surface area (Å²) in [5.41, 5.74) is 4.29. The first-order valence-electron chi connectivity index (χ1n) is 8.51. The highest BCUT2D eigenvalue weighted by Crippen LogP contribution is 2.31. The van der Waals surface area contributed by atoms with E-state index in [4.69, 9.17) is 0 Å². The van der Waals surface area contributed by atoms with Crippen LogP contribution in [-0.2, 0) is 16.0 Å². The highest BCUT2D eigenvalue weighted by atomic mass is 19.1. The number of carbonyl (C=O) groups excluding carboxylic acids is 2. The molecule has 3 aliphatic rings. The zero-order valence-electron chi connectivity index (χ0n) is 13.5. The second-order valence-electron chi connectivity index (χ2n) is 6.61. The number of ketones is 1. The van der Waals surface area contributed by atoms with Gasteiger partial charge >= 0.3 is 0 Å². The van der Waals surface area contributed by atoms with Gasteiger partial charge in [-0.15, -0.1) is 0 Å². The largest absolute Gasteiger partial charge is 0.309 e. The lowest BCUT2D eigenvalue weighted by molar-refractivity contribution is -0.122. The van der Waals surface area contributed by atoms with Crippen molar-refractivity contribution in [1.29, 1.82) is 0 Å². The number of anilines is 1. The van der Waals surface area contributed by atoms with Gasteiger partial charge in [-0.05, 0) is 49.0 Å². The van der Waals surface area contributed by atoms with Crippen LogP contribution >= 0.6 is 0 Å². The lowest BCUT2D eigenvalue weighted by Crippen LogP contribution is -2.44. The molecular formula is C19H19FN2O2. The van der Waals surface area contributed by atoms with E-state index >= 15 is 0 Å². The normalized spacial score (nSPS) is 20.7. The second-order valence-corrected chi connectivity index (χ2v) is 6.61. The number of benzene rings is 1. The predicted octanol–water partition coefficient (Wildman–Crippen LogP) is 3.00. The van der Waals surface area contributed by atoms with Gasteiger partial charge in [0.05, 0.1) is 5.69 Å². The summed E-state index contributed by atoms with van der Waals surface area (Å²) in [6.45, 7) is 0.802. The van der Waals surface area contributed by atoms with Crippen LogP contribution in [0.25, 0.3) is 0 Å². The van der Waals surface area contributed by atoms with Crippen LogP contribution < -0.4 is 4.90 Å². The molecule has 5 heteroatoms. The standard InChI is InChI=1S/C19H19FN2O2/c20-15-6-5-12(10-17(15)22-8-7-19(22)24)9-16-13-3-1-2-4-14(13)18(23)11-21-16/h5-6,10H,1-4,7-9,11H2. The maximum Gasteiger partial charge on any atom is 0.228 e. The van der Waals surface area contributed by atoms with E-state index in [1.165, 1.54) is 11.0 Å². The molecule has 2 aliphatic heterocycles. The molecule has 2 heterocycles. The first-order valence-corrected chi connectivity index (χ1v) is 8.51. The number of rotatable bonds is 3. The van der Waals surface area contributed by atoms with Gasteiger partial charge in [0, 0.05) is 30.7 Å². The van der Waals surface area contributed by atoms with E-state index < -0.39 is 0 Å². The number of aliphatic imine (C=N–C) groups is 1. The van der Waals surface area contributed by atoms with Crippen molar-refractivity contribution < 1.29 is 14.0 Å². The van der Waals surface area contributed by atoms with E-state index in [1.807, 2.05) is 0 Å². The molecule has 4 nitrogen and oxygen atoms in total. The Morgan fingerprint density at radius 1 is 1.08 bits per heavy atom. The molecule has 0 saturated carbocycles. The fourth-order valence-corrected chi connectivity index (χ4v) is 3.69. The van der Waals surface area contributed by atoms with Gasteiger partial charge in [0.15, 0.2) is 5.78 Å². The number of nitrogens with zero attached hydrogens (tertiary/aromatic N) is 2. The van der Waals surface area contributed by atoms with Gasteiger partial charge < -0.3 is 4.90 Å². The zero-order valence-corrected chi connectivity index (χ0v) is 13.5. The van der Waals surface area contributed by atoms with Crippen LogP contribution in [0.2, 0.25) is 0 Å². The van der Waals surface area contributed by atoms with E-state index in [1.54, 1.807) is 12.1 Å². The summed E-state index contributed by atoms with van der Waals surface area (Å²) >= 11 is 0. The van der Waals surface area contributed by atoms with Crippen molar-refractivity contribution in [3.05, 3.63) is 40.7 Å². The summed E-state index contributed by atoms with van der Waals surface area (Å²) in [6.07, 6.45) is 4.97. The third kappa shape index (κ3) is 2.58. The van der Waals surface area contributed by atoms with Crippen LogP contribution in [0.4, 0.5) is 10.1 Å². The molecule has 4 rings (SSSR count). The lowest BCUT2D eigenvalue weighted by atomic mass is 9.83. The molecule has 0 radical (unpaired) electrons. The van der Waals surface area contributed by atoms with Crippen molar-refractivity contribution in [2.45, 2.75) is 38.5 Å². The molecule has 1 fully saturated rings. The quantitative estimate of drug-likeness (QED) is 0.802. The molecule has 1 amide bonds. The number of dihydropyridines is 1. The van der Waals surface area contributed by atoms with Crippen molar-refractivity contribution >= 4 is 23.1 Å². The number of hydrogen-bond acceptors (Lipinski definition) is 3. The third-order valence-electron chi connectivity index (χ3n) is 5.09. The Morgan fingerprint density at radius 3 is 2.58 bits per heavy atom. The van der Waals surface area contributed by atoms with Gasteiger partial charge in [-0.1, -0.05) is 6.07 Å². The molecule has 0 spiro atoms. The summed E-state index contributed by atoms with van der Waals surface area (Å²) in [7, 11) is 0. The van der Waals surface area contributed by atoms with Gasteiger partial charge in [0.2, 0.25) is 5.91 Å². The average molecular weight is 326 g/mol. The molecular weight excluding hydrogens is 307 g/mol. The highest BCUT2D eigenvalue weighted by molar-refractivity contribution is 6.14. The fraction of sp³-hybridized carbons (Fsp3) is 0.421. The predicted molar refractivity (Wildman–Crippen MR) is 89.9 cm³/mol. The van der Waals surface area contributed by atoms with Gasteiger partial charge in [-0.25, -0.2) is 4.39 Å². The molecule has 1 saturated heterocycles. The molecule has 1 aromatic rings. The van der Waals surface area contributed by atoms with Gasteiger partial charge in [0.25, 0.3) is 0 Å². The summed E-state index contributed by atoms with van der Waals surface area (Å²) in [5.74, 6) is -0.256. The minimum absolute atomic E-state index is 0.0380. The Morgan fingerprint density at radius 2 is 1.88 bits per heavy atom. The molecule has 1 aromatic carbocycles. The number of hydrogen-bond donors (Lipinski definition) is 0. The second kappa shape index (κ2) is 5.96. The van der Waals surface area contributed by atoms with E-state index in [2.05, 4.69) is 4.99 Å². The number of amides is 1. The maximum absolute atomic E-state index is 14.0. The summed E-state index contributed by atoms with van der Waals surface area (Å²) < 4.78 is 14.0. The Balaban J connectivity index is 1.61. The van der Waals surface area contributed by atoms with Crippen molar-refractivity contribution in [2.24, 2.45) is 4.99 Å². The first kappa shape index (κ1) is 15.2. The lowest BCUT2D eigenvalue weighted by Gasteiger charge is -2.31. The minimum atomic E-state index is -0.370. The third-order valence-corrected chi connectivity index (χ3v) is 5.09. The van der Waals surface area contributed by atoms with Crippen LogP contribution in [0.5, 0.6) is 0 Å². The fourth-order valence-electron chi connectivity index (χ4n) is 3.69. The first-order chi connectivity index (χ1) is 11.6. The number of allylic oxidation sites excluding steroid dienone is 1. The Labute approximate surface area is 140 Å². The smallest absolute Gasteiger partial charge is 0.228 e. The van der Waals surface area contributed by atoms with E-state index in [9.17, 15) is 14.0 Å². The number of halogens is 1. The highest BCUT2D eigenvalue weighted by Gasteiger charge is 2.29. The molecule has 0 bridgehead atoms. The molecule has 0 N–H and O–H groups in total. The summed E-state index contributed by atoms with van der Waals surface area (Å²) in [4.78, 5) is 29.6. The van der Waals surface area contributed by atoms with Crippen LogP contribution in [0, 0.1) is 5.82 Å². The van der Waals surface area contributed by atoms with Crippen LogP contribution in [0.15, 0.2) is 34.3 Å². The van der Waals surface area contributed by atoms with Gasteiger partial charge in [-0.2, -0.15) is 0 Å². The molecule has 1 aliphatic carbocycles. The number of Topliss-reactive ketones (excluding diaryl/α,β-unsaturated/α-hetero) is 1. The van der Waals surface area contributed by atoms with Crippen molar-refractivity contribution in [3.8, 4) is 0 Å². The Hall–Kier alpha value is -2.30. The Bertz CT molecular complexity index is 795.